The molecule has 4 N–H and O–H groups in total. The monoisotopic (exact) mass is 120 g/mol. The highest BCUT2D eigenvalue weighted by Crippen LogP contribution is 1.84. The number of hydrogen-bond donors (Lipinski definition) is 4. The molecule has 1 unspecified atom stereocenters. The fraction of sp³-hybridized carbons (Fsp3) is 1.00. The van der Waals surface area contributed by atoms with Crippen LogP contribution in [0.15, 0.2) is 0 Å². The van der Waals surface area contributed by atoms with Gasteiger partial charge in [0.1, 0.15) is 0 Å². The Balaban J connectivity index is 3.07. The van der Waals surface area contributed by atoms with Gasteiger partial charge in [0, 0.05) is 12.6 Å². The highest BCUT2D eigenvalue weighted by Gasteiger charge is 1.99. The summed E-state index contributed by atoms with van der Waals surface area (Å²) in [6.07, 6.45) is 0.782. The van der Waals surface area contributed by atoms with E-state index in [1.807, 2.05) is 17.9 Å². The van der Waals surface area contributed by atoms with Crippen molar-refractivity contribution in [1.29, 1.82) is 0 Å². The lowest BCUT2D eigenvalue weighted by Gasteiger charge is -2.09. The quantitative estimate of drug-likeness (QED) is 0.385. The van der Waals surface area contributed by atoms with Crippen molar-refractivity contribution >= 4 is 0 Å². The van der Waals surface area contributed by atoms with Gasteiger partial charge in [0.05, 0.1) is 0 Å². The average molecular weight is 120 g/mol. The van der Waals surface area contributed by atoms with E-state index in [9.17, 15) is 0 Å². The fourth-order valence-corrected chi connectivity index (χ4v) is 0.391. The maximum absolute atomic E-state index is 8.26. The Morgan fingerprint density at radius 2 is 2.12 bits per heavy atom. The van der Waals surface area contributed by atoms with Crippen molar-refractivity contribution in [1.82, 2.24) is 11.0 Å². The predicted octanol–water partition coefficient (Wildman–Crippen LogP) is -0.277. The van der Waals surface area contributed by atoms with Gasteiger partial charge in [-0.15, -0.1) is 0 Å². The first kappa shape index (κ1) is 7.84. The number of rotatable bonds is 4. The van der Waals surface area contributed by atoms with Gasteiger partial charge in [0.15, 0.2) is 0 Å². The van der Waals surface area contributed by atoms with E-state index in [0.29, 0.717) is 6.54 Å². The fourth-order valence-electron chi connectivity index (χ4n) is 0.391. The van der Waals surface area contributed by atoms with Crippen LogP contribution < -0.4 is 11.0 Å². The van der Waals surface area contributed by atoms with Crippen LogP contribution in [-0.2, 0) is 0 Å². The predicted molar refractivity (Wildman–Crippen MR) is 28.8 cm³/mol. The van der Waals surface area contributed by atoms with Gasteiger partial charge in [-0.3, -0.25) is 0 Å². The average Bonchev–Trinajstić information content (AvgIpc) is 1.83. The van der Waals surface area contributed by atoms with Gasteiger partial charge in [-0.05, 0) is 6.42 Å². The Labute approximate surface area is 48.4 Å². The molecule has 0 saturated heterocycles. The molecular formula is C4H12N2O2. The second-order valence-electron chi connectivity index (χ2n) is 1.60. The maximum atomic E-state index is 8.26. The summed E-state index contributed by atoms with van der Waals surface area (Å²) in [7, 11) is 0. The smallest absolute Gasteiger partial charge is 0.0464 e. The van der Waals surface area contributed by atoms with Crippen molar-refractivity contribution in [3.63, 3.8) is 0 Å². The van der Waals surface area contributed by atoms with Crippen LogP contribution >= 0.6 is 0 Å². The molecule has 0 aliphatic carbocycles. The van der Waals surface area contributed by atoms with Gasteiger partial charge in [-0.25, -0.2) is 11.0 Å². The minimum absolute atomic E-state index is 0.0556. The maximum Gasteiger partial charge on any atom is 0.0464 e. The van der Waals surface area contributed by atoms with Crippen molar-refractivity contribution in [2.75, 3.05) is 6.54 Å². The zero-order valence-corrected chi connectivity index (χ0v) is 4.89. The highest BCUT2D eigenvalue weighted by atomic mass is 16.5. The molecule has 0 aliphatic heterocycles. The molecular weight excluding hydrogens is 108 g/mol. The Morgan fingerprint density at radius 1 is 1.50 bits per heavy atom. The molecule has 50 valence electrons. The van der Waals surface area contributed by atoms with Crippen molar-refractivity contribution < 1.29 is 10.4 Å². The molecule has 0 fully saturated rings. The largest absolute Gasteiger partial charge is 0.317 e. The molecule has 0 aromatic heterocycles. The van der Waals surface area contributed by atoms with Crippen molar-refractivity contribution in [3.05, 3.63) is 0 Å². The summed E-state index contributed by atoms with van der Waals surface area (Å²) in [5.41, 5.74) is 3.98. The lowest BCUT2D eigenvalue weighted by atomic mass is 10.2. The SMILES string of the molecule is CCC(CNO)NO. The minimum atomic E-state index is -0.0556. The second-order valence-corrected chi connectivity index (χ2v) is 1.60. The molecule has 0 radical (unpaired) electrons. The summed E-state index contributed by atoms with van der Waals surface area (Å²) in [4.78, 5) is 0. The molecule has 0 amide bonds. The standard InChI is InChI=1S/C4H12N2O2/c1-2-4(6-8)3-5-7/h4-8H,2-3H2,1H3. The molecule has 0 bridgehead atoms. The van der Waals surface area contributed by atoms with Gasteiger partial charge in [-0.1, -0.05) is 6.92 Å². The Hall–Kier alpha value is -0.160. The first-order valence-electron chi connectivity index (χ1n) is 2.61. The molecule has 0 aliphatic rings. The minimum Gasteiger partial charge on any atom is -0.317 e. The number of hydroxylamine groups is 2. The molecule has 0 rings (SSSR count). The van der Waals surface area contributed by atoms with E-state index < -0.39 is 0 Å². The molecule has 0 aromatic rings. The number of hydrogen-bond acceptors (Lipinski definition) is 4. The third-order valence-electron chi connectivity index (χ3n) is 1.01. The first-order valence-corrected chi connectivity index (χ1v) is 2.61. The topological polar surface area (TPSA) is 64.5 Å². The normalized spacial score (nSPS) is 13.9. The van der Waals surface area contributed by atoms with E-state index in [4.69, 9.17) is 10.4 Å². The number of nitrogens with one attached hydrogen (secondary N) is 2. The van der Waals surface area contributed by atoms with E-state index in [2.05, 4.69) is 0 Å². The van der Waals surface area contributed by atoms with Crippen molar-refractivity contribution in [2.24, 2.45) is 0 Å². The second kappa shape index (κ2) is 4.99. The van der Waals surface area contributed by atoms with Gasteiger partial charge in [-0.2, -0.15) is 0 Å². The van der Waals surface area contributed by atoms with Crippen LogP contribution in [0.5, 0.6) is 0 Å². The highest BCUT2D eigenvalue weighted by molar-refractivity contribution is 4.57. The molecule has 4 nitrogen and oxygen atoms in total. The summed E-state index contributed by atoms with van der Waals surface area (Å²) < 4.78 is 0. The Morgan fingerprint density at radius 3 is 2.25 bits per heavy atom. The summed E-state index contributed by atoms with van der Waals surface area (Å²) in [6, 6.07) is -0.0556. The van der Waals surface area contributed by atoms with Crippen LogP contribution in [0.1, 0.15) is 13.3 Å². The molecule has 4 heteroatoms. The zero-order valence-electron chi connectivity index (χ0n) is 4.89. The van der Waals surface area contributed by atoms with Crippen LogP contribution in [0.25, 0.3) is 0 Å². The van der Waals surface area contributed by atoms with Crippen LogP contribution in [0, 0.1) is 0 Å². The summed E-state index contributed by atoms with van der Waals surface area (Å²) in [5, 5.41) is 16.4. The molecule has 0 aromatic carbocycles. The molecule has 0 heterocycles. The lowest BCUT2D eigenvalue weighted by molar-refractivity contribution is 0.0874. The van der Waals surface area contributed by atoms with E-state index in [1.54, 1.807) is 0 Å². The van der Waals surface area contributed by atoms with Crippen molar-refractivity contribution in [2.45, 2.75) is 19.4 Å². The van der Waals surface area contributed by atoms with Crippen LogP contribution in [0.4, 0.5) is 0 Å². The van der Waals surface area contributed by atoms with E-state index in [1.165, 1.54) is 0 Å². The first-order chi connectivity index (χ1) is 3.85. The van der Waals surface area contributed by atoms with Crippen molar-refractivity contribution in [3.8, 4) is 0 Å². The third-order valence-corrected chi connectivity index (χ3v) is 1.01. The van der Waals surface area contributed by atoms with Crippen LogP contribution in [-0.4, -0.2) is 23.0 Å². The molecule has 8 heavy (non-hydrogen) atoms. The van der Waals surface area contributed by atoms with Gasteiger partial charge < -0.3 is 10.4 Å². The van der Waals surface area contributed by atoms with E-state index in [-0.39, 0.29) is 6.04 Å². The zero-order chi connectivity index (χ0) is 6.41. The lowest BCUT2D eigenvalue weighted by Crippen LogP contribution is -2.34. The summed E-state index contributed by atoms with van der Waals surface area (Å²) >= 11 is 0. The Bertz CT molecular complexity index is 47.3. The third kappa shape index (κ3) is 2.92. The summed E-state index contributed by atoms with van der Waals surface area (Å²) in [6.45, 7) is 2.28. The molecule has 0 saturated carbocycles. The van der Waals surface area contributed by atoms with Gasteiger partial charge >= 0.3 is 0 Å². The molecule has 0 spiro atoms. The van der Waals surface area contributed by atoms with Gasteiger partial charge in [0.25, 0.3) is 0 Å². The molecule has 1 atom stereocenters. The Kier molecular flexibility index (Phi) is 4.89. The van der Waals surface area contributed by atoms with E-state index in [0.717, 1.165) is 6.42 Å². The van der Waals surface area contributed by atoms with E-state index >= 15 is 0 Å². The summed E-state index contributed by atoms with van der Waals surface area (Å²) in [5.74, 6) is 0. The van der Waals surface area contributed by atoms with Crippen LogP contribution in [0.3, 0.4) is 0 Å². The van der Waals surface area contributed by atoms with Crippen LogP contribution in [0.2, 0.25) is 0 Å². The van der Waals surface area contributed by atoms with Gasteiger partial charge in [0.2, 0.25) is 0 Å².